The molecular weight excluding hydrogens is 438 g/mol. The molecule has 5 heteroatoms. The van der Waals surface area contributed by atoms with Crippen molar-refractivity contribution in [1.29, 1.82) is 0 Å². The van der Waals surface area contributed by atoms with Crippen LogP contribution < -0.4 is 0 Å². The molecule has 0 bridgehead atoms. The molecule has 0 aromatic carbocycles. The van der Waals surface area contributed by atoms with E-state index in [2.05, 4.69) is 18.7 Å². The maximum Gasteiger partial charge on any atom is 0.305 e. The fraction of sp³-hybridized carbons (Fsp3) is 0.967. The summed E-state index contributed by atoms with van der Waals surface area (Å²) in [6, 6.07) is 0. The second kappa shape index (κ2) is 26.4. The van der Waals surface area contributed by atoms with Gasteiger partial charge in [-0.2, -0.15) is 0 Å². The zero-order valence-electron chi connectivity index (χ0n) is 23.8. The summed E-state index contributed by atoms with van der Waals surface area (Å²) < 4.78 is 5.04. The fourth-order valence-electron chi connectivity index (χ4n) is 4.74. The summed E-state index contributed by atoms with van der Waals surface area (Å²) >= 11 is 0. The molecule has 0 spiro atoms. The Kier molecular flexibility index (Phi) is 25.9. The SMILES string of the molecule is CCCCCCCCCCC(O)CN(CCCC(=O)OCC)CC(O)CCCCCCCCCC. The van der Waals surface area contributed by atoms with Gasteiger partial charge in [-0.3, -0.25) is 9.69 Å². The summed E-state index contributed by atoms with van der Waals surface area (Å²) in [5.74, 6) is -0.161. The number of nitrogens with zero attached hydrogens (tertiary/aromatic N) is 1. The van der Waals surface area contributed by atoms with Crippen molar-refractivity contribution in [1.82, 2.24) is 4.90 Å². The maximum atomic E-state index is 11.7. The smallest absolute Gasteiger partial charge is 0.305 e. The highest BCUT2D eigenvalue weighted by Gasteiger charge is 2.16. The molecule has 0 radical (unpaired) electrons. The number of esters is 1. The predicted octanol–water partition coefficient (Wildman–Crippen LogP) is 7.42. The minimum Gasteiger partial charge on any atom is -0.466 e. The molecule has 0 saturated heterocycles. The van der Waals surface area contributed by atoms with Crippen molar-refractivity contribution >= 4 is 5.97 Å². The van der Waals surface area contributed by atoms with Gasteiger partial charge in [0.05, 0.1) is 18.8 Å². The third-order valence-electron chi connectivity index (χ3n) is 6.88. The van der Waals surface area contributed by atoms with E-state index in [-0.39, 0.29) is 18.2 Å². The Balaban J connectivity index is 4.22. The van der Waals surface area contributed by atoms with Gasteiger partial charge in [0.15, 0.2) is 0 Å². The van der Waals surface area contributed by atoms with E-state index in [4.69, 9.17) is 4.74 Å². The average Bonchev–Trinajstić information content (AvgIpc) is 2.82. The normalized spacial score (nSPS) is 13.3. The van der Waals surface area contributed by atoms with Crippen LogP contribution in [-0.4, -0.2) is 59.5 Å². The first-order chi connectivity index (χ1) is 17.0. The molecule has 0 aliphatic rings. The summed E-state index contributed by atoms with van der Waals surface area (Å²) in [4.78, 5) is 13.9. The molecule has 210 valence electrons. The van der Waals surface area contributed by atoms with Gasteiger partial charge in [-0.05, 0) is 32.7 Å². The summed E-state index contributed by atoms with van der Waals surface area (Å²) in [5.41, 5.74) is 0. The van der Waals surface area contributed by atoms with Crippen LogP contribution in [0.4, 0.5) is 0 Å². The monoisotopic (exact) mass is 499 g/mol. The lowest BCUT2D eigenvalue weighted by Crippen LogP contribution is -2.39. The van der Waals surface area contributed by atoms with Crippen LogP contribution >= 0.6 is 0 Å². The van der Waals surface area contributed by atoms with Gasteiger partial charge in [-0.15, -0.1) is 0 Å². The molecule has 2 unspecified atom stereocenters. The molecule has 0 amide bonds. The van der Waals surface area contributed by atoms with Crippen LogP contribution in [-0.2, 0) is 9.53 Å². The largest absolute Gasteiger partial charge is 0.466 e. The van der Waals surface area contributed by atoms with E-state index in [1.165, 1.54) is 89.9 Å². The predicted molar refractivity (Wildman–Crippen MR) is 149 cm³/mol. The summed E-state index contributed by atoms with van der Waals surface area (Å²) in [5, 5.41) is 21.2. The number of unbranched alkanes of at least 4 members (excludes halogenated alkanes) is 14. The quantitative estimate of drug-likeness (QED) is 0.0909. The molecule has 5 nitrogen and oxygen atoms in total. The number of hydrogen-bond donors (Lipinski definition) is 2. The Labute approximate surface area is 218 Å². The molecule has 2 atom stereocenters. The standard InChI is InChI=1S/C30H61NO4/c1-4-7-9-11-13-15-17-19-22-28(32)26-31(25-21-24-30(34)35-6-3)27-29(33)23-20-18-16-14-12-10-8-5-2/h28-29,32-33H,4-27H2,1-3H3. The number of aliphatic hydroxyl groups is 2. The van der Waals surface area contributed by atoms with E-state index < -0.39 is 0 Å². The zero-order valence-corrected chi connectivity index (χ0v) is 23.8. The third kappa shape index (κ3) is 24.8. The van der Waals surface area contributed by atoms with E-state index in [9.17, 15) is 15.0 Å². The lowest BCUT2D eigenvalue weighted by Gasteiger charge is -2.27. The molecule has 0 saturated carbocycles. The topological polar surface area (TPSA) is 70.0 Å². The van der Waals surface area contributed by atoms with E-state index in [0.29, 0.717) is 39.1 Å². The minimum absolute atomic E-state index is 0.161. The van der Waals surface area contributed by atoms with Gasteiger partial charge in [0.1, 0.15) is 0 Å². The molecule has 0 aromatic rings. The second-order valence-electron chi connectivity index (χ2n) is 10.5. The lowest BCUT2D eigenvalue weighted by molar-refractivity contribution is -0.143. The molecule has 0 fully saturated rings. The van der Waals surface area contributed by atoms with Gasteiger partial charge in [0, 0.05) is 19.5 Å². The molecule has 2 N–H and O–H groups in total. The van der Waals surface area contributed by atoms with Crippen molar-refractivity contribution in [3.05, 3.63) is 0 Å². The minimum atomic E-state index is -0.368. The van der Waals surface area contributed by atoms with Crippen molar-refractivity contribution < 1.29 is 19.7 Å². The Hall–Kier alpha value is -0.650. The molecule has 0 aromatic heterocycles. The van der Waals surface area contributed by atoms with Gasteiger partial charge in [-0.25, -0.2) is 0 Å². The van der Waals surface area contributed by atoms with Crippen molar-refractivity contribution in [3.8, 4) is 0 Å². The van der Waals surface area contributed by atoms with Crippen molar-refractivity contribution in [2.75, 3.05) is 26.2 Å². The van der Waals surface area contributed by atoms with Crippen molar-refractivity contribution in [2.24, 2.45) is 0 Å². The Bertz CT molecular complexity index is 418. The third-order valence-corrected chi connectivity index (χ3v) is 6.88. The van der Waals surface area contributed by atoms with E-state index in [0.717, 1.165) is 25.7 Å². The molecule has 0 aliphatic heterocycles. The number of carbonyl (C=O) groups is 1. The highest BCUT2D eigenvalue weighted by Crippen LogP contribution is 2.14. The lowest BCUT2D eigenvalue weighted by atomic mass is 10.0. The number of ether oxygens (including phenoxy) is 1. The van der Waals surface area contributed by atoms with Crippen LogP contribution in [0, 0.1) is 0 Å². The average molecular weight is 500 g/mol. The van der Waals surface area contributed by atoms with Crippen LogP contribution in [0.2, 0.25) is 0 Å². The van der Waals surface area contributed by atoms with Gasteiger partial charge < -0.3 is 14.9 Å². The summed E-state index contributed by atoms with van der Waals surface area (Å²) in [7, 11) is 0. The maximum absolute atomic E-state index is 11.7. The molecular formula is C30H61NO4. The first kappa shape index (κ1) is 34.4. The van der Waals surface area contributed by atoms with Crippen LogP contribution in [0.15, 0.2) is 0 Å². The molecule has 0 rings (SSSR count). The van der Waals surface area contributed by atoms with Crippen molar-refractivity contribution in [2.45, 2.75) is 161 Å². The van der Waals surface area contributed by atoms with E-state index >= 15 is 0 Å². The van der Waals surface area contributed by atoms with Crippen LogP contribution in [0.1, 0.15) is 149 Å². The van der Waals surface area contributed by atoms with Crippen molar-refractivity contribution in [3.63, 3.8) is 0 Å². The highest BCUT2D eigenvalue weighted by molar-refractivity contribution is 5.69. The first-order valence-corrected chi connectivity index (χ1v) is 15.3. The molecule has 0 heterocycles. The second-order valence-corrected chi connectivity index (χ2v) is 10.5. The van der Waals surface area contributed by atoms with Crippen LogP contribution in [0.5, 0.6) is 0 Å². The number of hydrogen-bond acceptors (Lipinski definition) is 5. The summed E-state index contributed by atoms with van der Waals surface area (Å²) in [6.07, 6.45) is 22.3. The Morgan fingerprint density at radius 1 is 0.629 bits per heavy atom. The fourth-order valence-corrected chi connectivity index (χ4v) is 4.74. The number of carbonyl (C=O) groups excluding carboxylic acids is 1. The van der Waals surface area contributed by atoms with Crippen LogP contribution in [0.25, 0.3) is 0 Å². The molecule has 0 aliphatic carbocycles. The van der Waals surface area contributed by atoms with Crippen LogP contribution in [0.3, 0.4) is 0 Å². The number of rotatable bonds is 27. The van der Waals surface area contributed by atoms with E-state index in [1.807, 2.05) is 6.92 Å². The summed E-state index contributed by atoms with van der Waals surface area (Å²) in [6.45, 7) is 8.60. The van der Waals surface area contributed by atoms with Gasteiger partial charge in [0.2, 0.25) is 0 Å². The Morgan fingerprint density at radius 2 is 1.03 bits per heavy atom. The molecule has 35 heavy (non-hydrogen) atoms. The zero-order chi connectivity index (χ0) is 26.0. The van der Waals surface area contributed by atoms with Gasteiger partial charge in [0.25, 0.3) is 0 Å². The first-order valence-electron chi connectivity index (χ1n) is 15.3. The van der Waals surface area contributed by atoms with Gasteiger partial charge in [-0.1, -0.05) is 117 Å². The highest BCUT2D eigenvalue weighted by atomic mass is 16.5. The Morgan fingerprint density at radius 3 is 1.43 bits per heavy atom. The van der Waals surface area contributed by atoms with Gasteiger partial charge >= 0.3 is 5.97 Å². The van der Waals surface area contributed by atoms with E-state index in [1.54, 1.807) is 0 Å². The number of aliphatic hydroxyl groups excluding tert-OH is 2.